The molecule has 0 heterocycles. The normalized spacial score (nSPS) is 10.2. The van der Waals surface area contributed by atoms with E-state index in [1.54, 1.807) is 24.3 Å². The van der Waals surface area contributed by atoms with Crippen LogP contribution in [0.15, 0.2) is 36.4 Å². The average molecular weight is 358 g/mol. The van der Waals surface area contributed by atoms with E-state index in [0.717, 1.165) is 11.1 Å². The molecule has 0 radical (unpaired) electrons. The zero-order valence-corrected chi connectivity index (χ0v) is 15.3. The van der Waals surface area contributed by atoms with Gasteiger partial charge in [0.2, 0.25) is 5.78 Å². The van der Waals surface area contributed by atoms with Crippen LogP contribution in [0.25, 0.3) is 0 Å². The van der Waals surface area contributed by atoms with Crippen molar-refractivity contribution >= 4 is 11.8 Å². The molecule has 0 spiro atoms. The molecule has 0 saturated carbocycles. The van der Waals surface area contributed by atoms with Crippen LogP contribution in [0.4, 0.5) is 0 Å². The Hall–Kier alpha value is -3.02. The number of benzene rings is 2. The number of carbonyl (C=O) groups is 2. The van der Waals surface area contributed by atoms with E-state index >= 15 is 0 Å². The summed E-state index contributed by atoms with van der Waals surface area (Å²) in [6.07, 6.45) is 0. The van der Waals surface area contributed by atoms with Gasteiger partial charge in [-0.15, -0.1) is 0 Å². The highest BCUT2D eigenvalue weighted by Gasteiger charge is 2.16. The number of carbonyl (C=O) groups excluding carboxylic acids is 2. The number of Topliss-reactive ketones (excluding diaryl/α,β-unsaturated/α-hetero) is 1. The molecule has 0 N–H and O–H groups in total. The lowest BCUT2D eigenvalue weighted by Gasteiger charge is -2.11. The molecule has 2 aromatic rings. The predicted molar refractivity (Wildman–Crippen MR) is 96.2 cm³/mol. The summed E-state index contributed by atoms with van der Waals surface area (Å²) >= 11 is 0. The molecule has 0 bridgehead atoms. The summed E-state index contributed by atoms with van der Waals surface area (Å²) in [6.45, 7) is 3.21. The maximum atomic E-state index is 12.3. The van der Waals surface area contributed by atoms with Crippen molar-refractivity contribution < 1.29 is 28.5 Å². The maximum absolute atomic E-state index is 12.3. The number of rotatable bonds is 8. The van der Waals surface area contributed by atoms with Crippen LogP contribution in [0.2, 0.25) is 0 Å². The first-order valence-electron chi connectivity index (χ1n) is 8.05. The van der Waals surface area contributed by atoms with Crippen molar-refractivity contribution in [3.05, 3.63) is 53.1 Å². The lowest BCUT2D eigenvalue weighted by Crippen LogP contribution is -2.20. The van der Waals surface area contributed by atoms with Crippen molar-refractivity contribution in [2.45, 2.75) is 13.8 Å². The summed E-state index contributed by atoms with van der Waals surface area (Å²) in [6, 6.07) is 10.5. The van der Waals surface area contributed by atoms with Crippen LogP contribution in [-0.2, 0) is 9.53 Å². The van der Waals surface area contributed by atoms with Crippen LogP contribution < -0.4 is 14.2 Å². The molecule has 0 unspecified atom stereocenters. The Morgan fingerprint density at radius 1 is 0.885 bits per heavy atom. The molecule has 0 aliphatic rings. The summed E-state index contributed by atoms with van der Waals surface area (Å²) in [5, 5.41) is 0. The van der Waals surface area contributed by atoms with Gasteiger partial charge in [0.05, 0.1) is 19.8 Å². The van der Waals surface area contributed by atoms with Crippen LogP contribution in [0.5, 0.6) is 17.2 Å². The van der Waals surface area contributed by atoms with E-state index in [1.807, 2.05) is 26.0 Å². The molecule has 0 aliphatic heterocycles. The van der Waals surface area contributed by atoms with E-state index in [1.165, 1.54) is 14.2 Å². The van der Waals surface area contributed by atoms with E-state index in [0.29, 0.717) is 22.8 Å². The first kappa shape index (κ1) is 19.3. The van der Waals surface area contributed by atoms with Gasteiger partial charge in [-0.3, -0.25) is 4.79 Å². The van der Waals surface area contributed by atoms with Crippen LogP contribution in [0, 0.1) is 13.8 Å². The number of hydrogen-bond acceptors (Lipinski definition) is 6. The Morgan fingerprint density at radius 2 is 1.65 bits per heavy atom. The van der Waals surface area contributed by atoms with E-state index in [-0.39, 0.29) is 12.4 Å². The van der Waals surface area contributed by atoms with Crippen molar-refractivity contribution in [2.24, 2.45) is 0 Å². The molecule has 0 amide bonds. The van der Waals surface area contributed by atoms with E-state index in [2.05, 4.69) is 0 Å². The summed E-state index contributed by atoms with van der Waals surface area (Å²) in [4.78, 5) is 24.1. The molecule has 0 aromatic heterocycles. The fourth-order valence-electron chi connectivity index (χ4n) is 2.39. The van der Waals surface area contributed by atoms with Gasteiger partial charge in [-0.25, -0.2) is 4.79 Å². The Balaban J connectivity index is 1.89. The van der Waals surface area contributed by atoms with E-state index in [9.17, 15) is 9.59 Å². The molecule has 0 fully saturated rings. The lowest BCUT2D eigenvalue weighted by molar-refractivity contribution is -0.144. The standard InChI is InChI=1S/C20H22O6/c1-13-5-8-18(14(2)9-13)25-12-20(22)26-11-17(21)16-7-6-15(23-3)10-19(16)24-4/h5-10H,11-12H2,1-4H3. The first-order chi connectivity index (χ1) is 12.4. The van der Waals surface area contributed by atoms with Gasteiger partial charge in [0, 0.05) is 6.07 Å². The molecule has 2 aromatic carbocycles. The second kappa shape index (κ2) is 8.89. The second-order valence-corrected chi connectivity index (χ2v) is 5.71. The van der Waals surface area contributed by atoms with E-state index in [4.69, 9.17) is 18.9 Å². The third-order valence-corrected chi connectivity index (χ3v) is 3.75. The van der Waals surface area contributed by atoms with Crippen molar-refractivity contribution in [1.29, 1.82) is 0 Å². The fourth-order valence-corrected chi connectivity index (χ4v) is 2.39. The number of esters is 1. The van der Waals surface area contributed by atoms with Crippen molar-refractivity contribution in [3.63, 3.8) is 0 Å². The summed E-state index contributed by atoms with van der Waals surface area (Å²) in [5.74, 6) is 0.542. The Bertz CT molecular complexity index is 797. The van der Waals surface area contributed by atoms with Gasteiger partial charge in [0.25, 0.3) is 0 Å². The quantitative estimate of drug-likeness (QED) is 0.533. The number of ketones is 1. The van der Waals surface area contributed by atoms with Gasteiger partial charge >= 0.3 is 5.97 Å². The molecule has 2 rings (SSSR count). The minimum absolute atomic E-state index is 0.267. The SMILES string of the molecule is COc1ccc(C(=O)COC(=O)COc2ccc(C)cc2C)c(OC)c1. The third kappa shape index (κ3) is 4.99. The van der Waals surface area contributed by atoms with Crippen molar-refractivity contribution in [3.8, 4) is 17.2 Å². The molecule has 138 valence electrons. The first-order valence-corrected chi connectivity index (χ1v) is 8.05. The van der Waals surface area contributed by atoms with Gasteiger partial charge in [-0.2, -0.15) is 0 Å². The largest absolute Gasteiger partial charge is 0.497 e. The molecule has 6 heteroatoms. The van der Waals surface area contributed by atoms with Gasteiger partial charge in [-0.1, -0.05) is 17.7 Å². The third-order valence-electron chi connectivity index (χ3n) is 3.75. The molecule has 0 saturated heterocycles. The number of aryl methyl sites for hydroxylation is 2. The average Bonchev–Trinajstić information content (AvgIpc) is 2.64. The highest BCUT2D eigenvalue weighted by Crippen LogP contribution is 2.25. The summed E-state index contributed by atoms with van der Waals surface area (Å²) in [7, 11) is 2.98. The van der Waals surface area contributed by atoms with Gasteiger partial charge < -0.3 is 18.9 Å². The number of ether oxygens (including phenoxy) is 4. The summed E-state index contributed by atoms with van der Waals surface area (Å²) in [5.41, 5.74) is 2.35. The molecule has 0 atom stereocenters. The smallest absolute Gasteiger partial charge is 0.344 e. The highest BCUT2D eigenvalue weighted by molar-refractivity contribution is 6.00. The number of methoxy groups -OCH3 is 2. The zero-order valence-electron chi connectivity index (χ0n) is 15.3. The monoisotopic (exact) mass is 358 g/mol. The van der Waals surface area contributed by atoms with Crippen LogP contribution in [0.1, 0.15) is 21.5 Å². The Labute approximate surface area is 152 Å². The second-order valence-electron chi connectivity index (χ2n) is 5.71. The lowest BCUT2D eigenvalue weighted by atomic mass is 10.1. The molecule has 6 nitrogen and oxygen atoms in total. The highest BCUT2D eigenvalue weighted by atomic mass is 16.6. The van der Waals surface area contributed by atoms with Crippen molar-refractivity contribution in [2.75, 3.05) is 27.4 Å². The van der Waals surface area contributed by atoms with Gasteiger partial charge in [0.1, 0.15) is 17.2 Å². The minimum Gasteiger partial charge on any atom is -0.497 e. The zero-order chi connectivity index (χ0) is 19.1. The Morgan fingerprint density at radius 3 is 2.31 bits per heavy atom. The van der Waals surface area contributed by atoms with Gasteiger partial charge in [-0.05, 0) is 37.6 Å². The summed E-state index contributed by atoms with van der Waals surface area (Å²) < 4.78 is 20.7. The molecule has 0 aliphatic carbocycles. The predicted octanol–water partition coefficient (Wildman–Crippen LogP) is 3.13. The number of hydrogen-bond donors (Lipinski definition) is 0. The minimum atomic E-state index is -0.620. The molecular formula is C20H22O6. The maximum Gasteiger partial charge on any atom is 0.344 e. The van der Waals surface area contributed by atoms with Gasteiger partial charge in [0.15, 0.2) is 13.2 Å². The van der Waals surface area contributed by atoms with Crippen molar-refractivity contribution in [1.82, 2.24) is 0 Å². The topological polar surface area (TPSA) is 71.1 Å². The fraction of sp³-hybridized carbons (Fsp3) is 0.300. The van der Waals surface area contributed by atoms with Crippen LogP contribution in [0.3, 0.4) is 0 Å². The van der Waals surface area contributed by atoms with Crippen LogP contribution >= 0.6 is 0 Å². The van der Waals surface area contributed by atoms with Crippen LogP contribution in [-0.4, -0.2) is 39.2 Å². The Kier molecular flexibility index (Phi) is 6.60. The molecular weight excluding hydrogens is 336 g/mol. The molecule has 26 heavy (non-hydrogen) atoms. The van der Waals surface area contributed by atoms with E-state index < -0.39 is 12.6 Å².